The molecule has 0 aromatic carbocycles. The molecular formula is C20H30O4. The van der Waals surface area contributed by atoms with E-state index in [-0.39, 0.29) is 11.9 Å². The normalized spacial score (nSPS) is 20.4. The zero-order valence-electron chi connectivity index (χ0n) is 14.7. The molecule has 0 amide bonds. The van der Waals surface area contributed by atoms with Crippen molar-refractivity contribution in [3.8, 4) is 0 Å². The summed E-state index contributed by atoms with van der Waals surface area (Å²) in [5, 5.41) is 8.41. The van der Waals surface area contributed by atoms with Crippen LogP contribution in [0.25, 0.3) is 0 Å². The van der Waals surface area contributed by atoms with Crippen molar-refractivity contribution in [2.75, 3.05) is 0 Å². The molecule has 0 aliphatic carbocycles. The number of allylic oxidation sites excluding steroid dienone is 5. The van der Waals surface area contributed by atoms with Gasteiger partial charge in [-0.25, -0.2) is 4.79 Å². The predicted molar refractivity (Wildman–Crippen MR) is 96.0 cm³/mol. The minimum Gasteiger partial charge on any atom is -0.478 e. The minimum absolute atomic E-state index is 0.0793. The number of hydrogen-bond donors (Lipinski definition) is 1. The fourth-order valence-corrected chi connectivity index (χ4v) is 2.61. The zero-order valence-corrected chi connectivity index (χ0v) is 14.7. The summed E-state index contributed by atoms with van der Waals surface area (Å²) in [7, 11) is 0. The van der Waals surface area contributed by atoms with Crippen molar-refractivity contribution in [3.63, 3.8) is 0 Å². The lowest BCUT2D eigenvalue weighted by Gasteiger charge is -1.98. The van der Waals surface area contributed by atoms with Gasteiger partial charge in [-0.3, -0.25) is 4.79 Å². The number of ether oxygens (including phenoxy) is 1. The first-order chi connectivity index (χ1) is 11.6. The minimum atomic E-state index is -0.986. The van der Waals surface area contributed by atoms with E-state index in [0.29, 0.717) is 12.5 Å². The molecule has 1 aliphatic rings. The highest BCUT2D eigenvalue weighted by Crippen LogP contribution is 2.31. The maximum atomic E-state index is 11.7. The molecule has 0 aromatic heterocycles. The molecule has 0 bridgehead atoms. The Hall–Kier alpha value is -1.68. The number of epoxide rings is 1. The summed E-state index contributed by atoms with van der Waals surface area (Å²) in [5.41, 5.74) is 0. The lowest BCUT2D eigenvalue weighted by molar-refractivity contribution is -0.131. The molecule has 24 heavy (non-hydrogen) atoms. The number of unbranched alkanes of at least 4 members (excludes halogenated alkanes) is 5. The second kappa shape index (κ2) is 12.7. The summed E-state index contributed by atoms with van der Waals surface area (Å²) in [5.74, 6) is -0.907. The Bertz CT molecular complexity index is 462. The SMILES string of the molecule is CCCCCCCCC1OC1CCC(=O)C=CC=CC=CC(=O)O. The Kier molecular flexibility index (Phi) is 10.8. The molecule has 0 saturated carbocycles. The number of aliphatic carboxylic acids is 1. The Morgan fingerprint density at radius 1 is 0.875 bits per heavy atom. The van der Waals surface area contributed by atoms with Gasteiger partial charge in [-0.1, -0.05) is 69.8 Å². The highest BCUT2D eigenvalue weighted by molar-refractivity contribution is 5.89. The summed E-state index contributed by atoms with van der Waals surface area (Å²) in [6.07, 6.45) is 19.7. The molecule has 1 aliphatic heterocycles. The molecule has 1 fully saturated rings. The van der Waals surface area contributed by atoms with Crippen LogP contribution in [0.1, 0.15) is 64.7 Å². The van der Waals surface area contributed by atoms with E-state index in [2.05, 4.69) is 6.92 Å². The number of carboxylic acid groups (broad SMARTS) is 1. The quantitative estimate of drug-likeness (QED) is 0.218. The first kappa shape index (κ1) is 20.4. The van der Waals surface area contributed by atoms with Crippen LogP contribution < -0.4 is 0 Å². The molecule has 0 aromatic rings. The topological polar surface area (TPSA) is 66.9 Å². The number of carbonyl (C=O) groups is 2. The van der Waals surface area contributed by atoms with E-state index in [9.17, 15) is 9.59 Å². The maximum Gasteiger partial charge on any atom is 0.328 e. The molecule has 0 spiro atoms. The Labute approximate surface area is 145 Å². The van der Waals surface area contributed by atoms with Crippen molar-refractivity contribution in [3.05, 3.63) is 36.5 Å². The largest absolute Gasteiger partial charge is 0.478 e. The molecule has 1 N–H and O–H groups in total. The summed E-state index contributed by atoms with van der Waals surface area (Å²) in [4.78, 5) is 21.9. The number of hydrogen-bond acceptors (Lipinski definition) is 3. The number of carboxylic acids is 1. The number of ketones is 1. The van der Waals surface area contributed by atoms with Gasteiger partial charge < -0.3 is 9.84 Å². The molecule has 1 rings (SSSR count). The van der Waals surface area contributed by atoms with Gasteiger partial charge in [0, 0.05) is 12.5 Å². The average molecular weight is 334 g/mol. The van der Waals surface area contributed by atoms with E-state index in [1.165, 1.54) is 50.7 Å². The van der Waals surface area contributed by atoms with E-state index in [4.69, 9.17) is 9.84 Å². The van der Waals surface area contributed by atoms with Crippen LogP contribution in [0.3, 0.4) is 0 Å². The summed E-state index contributed by atoms with van der Waals surface area (Å²) >= 11 is 0. The molecule has 2 atom stereocenters. The van der Waals surface area contributed by atoms with Crippen LogP contribution in [0.15, 0.2) is 36.5 Å². The van der Waals surface area contributed by atoms with Gasteiger partial charge in [0.1, 0.15) is 0 Å². The van der Waals surface area contributed by atoms with Crippen molar-refractivity contribution in [2.45, 2.75) is 76.9 Å². The van der Waals surface area contributed by atoms with Gasteiger partial charge in [0.25, 0.3) is 0 Å². The highest BCUT2D eigenvalue weighted by atomic mass is 16.6. The molecule has 4 heteroatoms. The average Bonchev–Trinajstić information content (AvgIpc) is 3.30. The molecule has 0 radical (unpaired) electrons. The van der Waals surface area contributed by atoms with Crippen molar-refractivity contribution in [1.82, 2.24) is 0 Å². The smallest absolute Gasteiger partial charge is 0.328 e. The van der Waals surface area contributed by atoms with Crippen LogP contribution in [0.4, 0.5) is 0 Å². The van der Waals surface area contributed by atoms with Crippen molar-refractivity contribution in [1.29, 1.82) is 0 Å². The van der Waals surface area contributed by atoms with E-state index in [1.54, 1.807) is 18.2 Å². The Morgan fingerprint density at radius 3 is 2.21 bits per heavy atom. The van der Waals surface area contributed by atoms with Crippen LogP contribution in [0.5, 0.6) is 0 Å². The molecular weight excluding hydrogens is 304 g/mol. The van der Waals surface area contributed by atoms with Crippen molar-refractivity contribution in [2.24, 2.45) is 0 Å². The van der Waals surface area contributed by atoms with Crippen LogP contribution >= 0.6 is 0 Å². The zero-order chi connectivity index (χ0) is 17.6. The van der Waals surface area contributed by atoms with E-state index in [0.717, 1.165) is 18.9 Å². The molecule has 1 heterocycles. The molecule has 4 nitrogen and oxygen atoms in total. The summed E-state index contributed by atoms with van der Waals surface area (Å²) < 4.78 is 5.62. The van der Waals surface area contributed by atoms with Crippen LogP contribution in [0.2, 0.25) is 0 Å². The monoisotopic (exact) mass is 334 g/mol. The van der Waals surface area contributed by atoms with E-state index < -0.39 is 5.97 Å². The number of rotatable bonds is 14. The maximum absolute atomic E-state index is 11.7. The lowest BCUT2D eigenvalue weighted by atomic mass is 10.0. The Balaban J connectivity index is 2.01. The van der Waals surface area contributed by atoms with Crippen LogP contribution in [0, 0.1) is 0 Å². The van der Waals surface area contributed by atoms with Crippen LogP contribution in [-0.4, -0.2) is 29.1 Å². The third-order valence-corrected chi connectivity index (χ3v) is 4.06. The third kappa shape index (κ3) is 10.9. The summed E-state index contributed by atoms with van der Waals surface area (Å²) in [6, 6.07) is 0. The summed E-state index contributed by atoms with van der Waals surface area (Å²) in [6.45, 7) is 2.23. The first-order valence-corrected chi connectivity index (χ1v) is 9.06. The molecule has 134 valence electrons. The van der Waals surface area contributed by atoms with Gasteiger partial charge in [-0.05, 0) is 18.9 Å². The van der Waals surface area contributed by atoms with Gasteiger partial charge in [-0.2, -0.15) is 0 Å². The fraction of sp³-hybridized carbons (Fsp3) is 0.600. The van der Waals surface area contributed by atoms with Crippen LogP contribution in [-0.2, 0) is 14.3 Å². The first-order valence-electron chi connectivity index (χ1n) is 9.06. The molecule has 1 saturated heterocycles. The van der Waals surface area contributed by atoms with Gasteiger partial charge in [-0.15, -0.1) is 0 Å². The highest BCUT2D eigenvalue weighted by Gasteiger charge is 2.37. The van der Waals surface area contributed by atoms with E-state index >= 15 is 0 Å². The lowest BCUT2D eigenvalue weighted by Crippen LogP contribution is -1.99. The third-order valence-electron chi connectivity index (χ3n) is 4.06. The fourth-order valence-electron chi connectivity index (χ4n) is 2.61. The van der Waals surface area contributed by atoms with E-state index in [1.807, 2.05) is 0 Å². The second-order valence-electron chi connectivity index (χ2n) is 6.22. The van der Waals surface area contributed by atoms with Crippen molar-refractivity contribution >= 4 is 11.8 Å². The van der Waals surface area contributed by atoms with Gasteiger partial charge in [0.15, 0.2) is 5.78 Å². The Morgan fingerprint density at radius 2 is 1.50 bits per heavy atom. The van der Waals surface area contributed by atoms with Gasteiger partial charge in [0.2, 0.25) is 0 Å². The molecule has 2 unspecified atom stereocenters. The van der Waals surface area contributed by atoms with Gasteiger partial charge >= 0.3 is 5.97 Å². The van der Waals surface area contributed by atoms with Gasteiger partial charge in [0.05, 0.1) is 12.2 Å². The predicted octanol–water partition coefficient (Wildman–Crippen LogP) is 4.61. The standard InChI is InChI=1S/C20H30O4/c1-2-3-4-5-6-10-13-18-19(24-18)16-15-17(21)12-9-7-8-11-14-20(22)23/h7-9,11-12,14,18-19H,2-6,10,13,15-16H2,1H3,(H,22,23). The second-order valence-corrected chi connectivity index (χ2v) is 6.22. The van der Waals surface area contributed by atoms with Crippen molar-refractivity contribution < 1.29 is 19.4 Å². The number of carbonyl (C=O) groups excluding carboxylic acids is 1.